The lowest BCUT2D eigenvalue weighted by Crippen LogP contribution is -2.00. The molecule has 0 aliphatic rings. The number of hydrogen-bond donors (Lipinski definition) is 1. The summed E-state index contributed by atoms with van der Waals surface area (Å²) in [5, 5.41) is 8.56. The van der Waals surface area contributed by atoms with Crippen molar-refractivity contribution in [3.8, 4) is 5.75 Å². The van der Waals surface area contributed by atoms with E-state index < -0.39 is 5.97 Å². The number of nitrogens with zero attached hydrogens (tertiary/aromatic N) is 2. The number of aromatic nitrogens is 2. The van der Waals surface area contributed by atoms with Crippen LogP contribution in [0.1, 0.15) is 19.3 Å². The molecule has 0 saturated heterocycles. The maximum absolute atomic E-state index is 10.2. The molecule has 0 unspecified atom stereocenters. The van der Waals surface area contributed by atoms with Crippen LogP contribution in [0.4, 0.5) is 0 Å². The predicted molar refractivity (Wildman–Crippen MR) is 54.0 cm³/mol. The van der Waals surface area contributed by atoms with E-state index in [2.05, 4.69) is 9.97 Å². The highest BCUT2D eigenvalue weighted by atomic mass is 35.5. The zero-order chi connectivity index (χ0) is 11.1. The van der Waals surface area contributed by atoms with E-state index in [-0.39, 0.29) is 11.7 Å². The Kier molecular flexibility index (Phi) is 4.83. The minimum atomic E-state index is -0.787. The second-order valence-corrected chi connectivity index (χ2v) is 3.23. The topological polar surface area (TPSA) is 72.3 Å². The molecule has 0 spiro atoms. The fraction of sp³-hybridized carbons (Fsp3) is 0.444. The summed E-state index contributed by atoms with van der Waals surface area (Å²) < 4.78 is 5.27. The summed E-state index contributed by atoms with van der Waals surface area (Å²) in [6.45, 7) is 0.457. The Balaban J connectivity index is 2.15. The van der Waals surface area contributed by atoms with Gasteiger partial charge in [0.25, 0.3) is 0 Å². The highest BCUT2D eigenvalue weighted by Gasteiger charge is 1.98. The SMILES string of the molecule is O=C(O)CCCCOc1cnc(Cl)nc1. The maximum atomic E-state index is 10.2. The van der Waals surface area contributed by atoms with Crippen molar-refractivity contribution in [2.24, 2.45) is 0 Å². The van der Waals surface area contributed by atoms with Crippen molar-refractivity contribution in [1.29, 1.82) is 0 Å². The molecule has 6 heteroatoms. The van der Waals surface area contributed by atoms with Crippen molar-refractivity contribution < 1.29 is 14.6 Å². The fourth-order valence-electron chi connectivity index (χ4n) is 0.943. The molecule has 0 aliphatic heterocycles. The number of rotatable bonds is 6. The first-order valence-corrected chi connectivity index (χ1v) is 4.88. The van der Waals surface area contributed by atoms with Gasteiger partial charge in [-0.05, 0) is 24.4 Å². The molecule has 0 aromatic carbocycles. The number of carboxylic acids is 1. The molecule has 0 bridgehead atoms. The highest BCUT2D eigenvalue weighted by Crippen LogP contribution is 2.09. The lowest BCUT2D eigenvalue weighted by atomic mass is 10.2. The van der Waals surface area contributed by atoms with Gasteiger partial charge in [-0.15, -0.1) is 0 Å². The molecule has 1 aromatic heterocycles. The fourth-order valence-corrected chi connectivity index (χ4v) is 1.04. The van der Waals surface area contributed by atoms with Gasteiger partial charge in [0.05, 0.1) is 19.0 Å². The van der Waals surface area contributed by atoms with Gasteiger partial charge < -0.3 is 9.84 Å². The van der Waals surface area contributed by atoms with Gasteiger partial charge in [0, 0.05) is 6.42 Å². The van der Waals surface area contributed by atoms with E-state index in [1.165, 1.54) is 12.4 Å². The van der Waals surface area contributed by atoms with Crippen LogP contribution in [0.25, 0.3) is 0 Å². The largest absolute Gasteiger partial charge is 0.490 e. The van der Waals surface area contributed by atoms with Gasteiger partial charge in [0.15, 0.2) is 5.75 Å². The molecule has 0 saturated carbocycles. The molecular weight excluding hydrogens is 220 g/mol. The summed E-state index contributed by atoms with van der Waals surface area (Å²) in [7, 11) is 0. The number of hydrogen-bond acceptors (Lipinski definition) is 4. The number of carbonyl (C=O) groups is 1. The molecule has 0 fully saturated rings. The molecule has 0 amide bonds. The lowest BCUT2D eigenvalue weighted by Gasteiger charge is -2.03. The molecule has 0 aliphatic carbocycles. The summed E-state index contributed by atoms with van der Waals surface area (Å²) in [5.41, 5.74) is 0. The Bertz CT molecular complexity index is 316. The van der Waals surface area contributed by atoms with Crippen LogP contribution in [0.2, 0.25) is 5.28 Å². The standard InChI is InChI=1S/C9H11ClN2O3/c10-9-11-5-7(6-12-9)15-4-2-1-3-8(13)14/h5-6H,1-4H2,(H,13,14). The van der Waals surface area contributed by atoms with Gasteiger partial charge >= 0.3 is 5.97 Å². The maximum Gasteiger partial charge on any atom is 0.303 e. The van der Waals surface area contributed by atoms with Crippen molar-refractivity contribution in [2.75, 3.05) is 6.61 Å². The van der Waals surface area contributed by atoms with Gasteiger partial charge in [0.1, 0.15) is 0 Å². The zero-order valence-electron chi connectivity index (χ0n) is 8.02. The minimum Gasteiger partial charge on any atom is -0.490 e. The van der Waals surface area contributed by atoms with Crippen molar-refractivity contribution in [3.05, 3.63) is 17.7 Å². The van der Waals surface area contributed by atoms with E-state index in [1.54, 1.807) is 0 Å². The van der Waals surface area contributed by atoms with Crippen LogP contribution in [0.3, 0.4) is 0 Å². The average Bonchev–Trinajstić information content (AvgIpc) is 2.20. The van der Waals surface area contributed by atoms with Gasteiger partial charge in [-0.1, -0.05) is 0 Å². The van der Waals surface area contributed by atoms with Gasteiger partial charge in [0.2, 0.25) is 5.28 Å². The molecule has 5 nitrogen and oxygen atoms in total. The van der Waals surface area contributed by atoms with Crippen molar-refractivity contribution >= 4 is 17.6 Å². The van der Waals surface area contributed by atoms with E-state index in [1.807, 2.05) is 0 Å². The van der Waals surface area contributed by atoms with Gasteiger partial charge in [-0.25, -0.2) is 9.97 Å². The van der Waals surface area contributed by atoms with Crippen LogP contribution >= 0.6 is 11.6 Å². The Hall–Kier alpha value is -1.36. The Morgan fingerprint density at radius 3 is 2.67 bits per heavy atom. The van der Waals surface area contributed by atoms with E-state index in [9.17, 15) is 4.79 Å². The number of unbranched alkanes of at least 4 members (excludes halogenated alkanes) is 1. The number of ether oxygens (including phenoxy) is 1. The third-order valence-corrected chi connectivity index (χ3v) is 1.85. The quantitative estimate of drug-likeness (QED) is 0.596. The van der Waals surface area contributed by atoms with Crippen LogP contribution < -0.4 is 4.74 Å². The molecular formula is C9H11ClN2O3. The number of halogens is 1. The average molecular weight is 231 g/mol. The first-order valence-electron chi connectivity index (χ1n) is 4.50. The molecule has 1 heterocycles. The second kappa shape index (κ2) is 6.19. The molecule has 1 aromatic rings. The van der Waals surface area contributed by atoms with Gasteiger partial charge in [-0.2, -0.15) is 0 Å². The van der Waals surface area contributed by atoms with Crippen molar-refractivity contribution in [3.63, 3.8) is 0 Å². The lowest BCUT2D eigenvalue weighted by molar-refractivity contribution is -0.137. The van der Waals surface area contributed by atoms with Crippen LogP contribution in [-0.2, 0) is 4.79 Å². The van der Waals surface area contributed by atoms with Crippen LogP contribution in [0.5, 0.6) is 5.75 Å². The summed E-state index contributed by atoms with van der Waals surface area (Å²) in [5.74, 6) is -0.250. The van der Waals surface area contributed by atoms with E-state index in [0.717, 1.165) is 0 Å². The Labute approximate surface area is 92.1 Å². The minimum absolute atomic E-state index is 0.167. The molecule has 1 rings (SSSR count). The Morgan fingerprint density at radius 2 is 2.07 bits per heavy atom. The van der Waals surface area contributed by atoms with E-state index in [4.69, 9.17) is 21.4 Å². The normalized spacial score (nSPS) is 9.93. The molecule has 15 heavy (non-hydrogen) atoms. The summed E-state index contributed by atoms with van der Waals surface area (Å²) >= 11 is 5.49. The number of aliphatic carboxylic acids is 1. The third-order valence-electron chi connectivity index (χ3n) is 1.65. The third kappa shape index (κ3) is 5.17. The van der Waals surface area contributed by atoms with Crippen molar-refractivity contribution in [1.82, 2.24) is 9.97 Å². The summed E-state index contributed by atoms with van der Waals surface area (Å²) in [6.07, 6.45) is 4.41. The predicted octanol–water partition coefficient (Wildman–Crippen LogP) is 1.76. The summed E-state index contributed by atoms with van der Waals surface area (Å²) in [4.78, 5) is 17.7. The van der Waals surface area contributed by atoms with Crippen LogP contribution in [0.15, 0.2) is 12.4 Å². The number of carboxylic acid groups (broad SMARTS) is 1. The van der Waals surface area contributed by atoms with E-state index >= 15 is 0 Å². The summed E-state index contributed by atoms with van der Waals surface area (Å²) in [6, 6.07) is 0. The van der Waals surface area contributed by atoms with Crippen LogP contribution in [-0.4, -0.2) is 27.7 Å². The zero-order valence-corrected chi connectivity index (χ0v) is 8.78. The molecule has 0 atom stereocenters. The van der Waals surface area contributed by atoms with E-state index in [0.29, 0.717) is 25.2 Å². The van der Waals surface area contributed by atoms with Crippen LogP contribution in [0, 0.1) is 0 Å². The smallest absolute Gasteiger partial charge is 0.303 e. The van der Waals surface area contributed by atoms with Crippen molar-refractivity contribution in [2.45, 2.75) is 19.3 Å². The Morgan fingerprint density at radius 1 is 1.40 bits per heavy atom. The van der Waals surface area contributed by atoms with Gasteiger partial charge in [-0.3, -0.25) is 4.79 Å². The molecule has 0 radical (unpaired) electrons. The monoisotopic (exact) mass is 230 g/mol. The molecule has 1 N–H and O–H groups in total. The first kappa shape index (κ1) is 11.7. The highest BCUT2D eigenvalue weighted by molar-refractivity contribution is 6.28. The second-order valence-electron chi connectivity index (χ2n) is 2.89. The first-order chi connectivity index (χ1) is 7.18. The molecule has 82 valence electrons.